The summed E-state index contributed by atoms with van der Waals surface area (Å²) >= 11 is 5.64. The first kappa shape index (κ1) is 12.4. The molecule has 84 valence electrons. The quantitative estimate of drug-likeness (QED) is 0.484. The highest BCUT2D eigenvalue weighted by Crippen LogP contribution is 2.14. The van der Waals surface area contributed by atoms with Crippen LogP contribution < -0.4 is 0 Å². The molecule has 0 fully saturated rings. The molecule has 0 aliphatic rings. The maximum absolute atomic E-state index is 11.7. The lowest BCUT2D eigenvalue weighted by molar-refractivity contribution is -0.138. The highest BCUT2D eigenvalue weighted by Gasteiger charge is 2.22. The van der Waals surface area contributed by atoms with Crippen LogP contribution in [0.5, 0.6) is 0 Å². The number of hydrogen-bond acceptors (Lipinski definition) is 3. The fourth-order valence-corrected chi connectivity index (χ4v) is 1.34. The number of carbonyl (C=O) groups excluding carboxylic acids is 2. The molecule has 0 saturated heterocycles. The van der Waals surface area contributed by atoms with Crippen molar-refractivity contribution in [2.45, 2.75) is 6.42 Å². The van der Waals surface area contributed by atoms with Gasteiger partial charge >= 0.3 is 5.97 Å². The maximum atomic E-state index is 11.7. The summed E-state index contributed by atoms with van der Waals surface area (Å²) in [4.78, 5) is 32.7. The van der Waals surface area contributed by atoms with E-state index < -0.39 is 24.1 Å². The number of benzene rings is 1. The molecule has 0 bridgehead atoms. The molecule has 1 aromatic rings. The molecule has 5 heteroatoms. The SMILES string of the molecule is O=CC(CC(=O)O)C(=O)c1ccc(Cl)cc1. The van der Waals surface area contributed by atoms with Crippen LogP contribution in [0.25, 0.3) is 0 Å². The lowest BCUT2D eigenvalue weighted by atomic mass is 9.96. The van der Waals surface area contributed by atoms with E-state index in [4.69, 9.17) is 16.7 Å². The smallest absolute Gasteiger partial charge is 0.304 e. The van der Waals surface area contributed by atoms with E-state index in [1.807, 2.05) is 0 Å². The van der Waals surface area contributed by atoms with E-state index in [1.165, 1.54) is 24.3 Å². The molecule has 0 saturated carbocycles. The van der Waals surface area contributed by atoms with Gasteiger partial charge in [0.05, 0.1) is 12.3 Å². The van der Waals surface area contributed by atoms with Crippen molar-refractivity contribution in [2.75, 3.05) is 0 Å². The van der Waals surface area contributed by atoms with E-state index in [0.29, 0.717) is 11.3 Å². The van der Waals surface area contributed by atoms with Gasteiger partial charge in [-0.05, 0) is 24.3 Å². The van der Waals surface area contributed by atoms with E-state index in [2.05, 4.69) is 0 Å². The third kappa shape index (κ3) is 3.17. The first-order valence-electron chi connectivity index (χ1n) is 4.51. The molecular weight excluding hydrogens is 232 g/mol. The van der Waals surface area contributed by atoms with Crippen LogP contribution >= 0.6 is 11.6 Å². The number of rotatable bonds is 5. The van der Waals surface area contributed by atoms with Gasteiger partial charge in [-0.15, -0.1) is 0 Å². The fourth-order valence-electron chi connectivity index (χ4n) is 1.22. The van der Waals surface area contributed by atoms with Crippen molar-refractivity contribution in [3.8, 4) is 0 Å². The van der Waals surface area contributed by atoms with Crippen LogP contribution in [0.3, 0.4) is 0 Å². The summed E-state index contributed by atoms with van der Waals surface area (Å²) < 4.78 is 0. The Labute approximate surface area is 96.8 Å². The predicted octanol–water partition coefficient (Wildman–Crippen LogP) is 1.81. The number of carboxylic acids is 1. The molecule has 4 nitrogen and oxygen atoms in total. The van der Waals surface area contributed by atoms with E-state index in [0.717, 1.165) is 0 Å². The topological polar surface area (TPSA) is 71.4 Å². The molecule has 0 aliphatic carbocycles. The van der Waals surface area contributed by atoms with Gasteiger partial charge in [-0.2, -0.15) is 0 Å². The summed E-state index contributed by atoms with van der Waals surface area (Å²) in [6.45, 7) is 0. The Morgan fingerprint density at radius 2 is 1.88 bits per heavy atom. The van der Waals surface area contributed by atoms with Crippen LogP contribution in [-0.4, -0.2) is 23.1 Å². The summed E-state index contributed by atoms with van der Waals surface area (Å²) in [5, 5.41) is 8.99. The average molecular weight is 241 g/mol. The zero-order valence-electron chi connectivity index (χ0n) is 8.22. The number of Topliss-reactive ketones (excluding diaryl/α,β-unsaturated/α-hetero) is 1. The maximum Gasteiger partial charge on any atom is 0.304 e. The number of aliphatic carboxylic acids is 1. The van der Waals surface area contributed by atoms with Crippen LogP contribution in [0.1, 0.15) is 16.8 Å². The van der Waals surface area contributed by atoms with Gasteiger partial charge in [-0.1, -0.05) is 11.6 Å². The Bertz CT molecular complexity index is 410. The minimum atomic E-state index is -1.18. The lowest BCUT2D eigenvalue weighted by Crippen LogP contribution is -2.19. The van der Waals surface area contributed by atoms with Crippen molar-refractivity contribution < 1.29 is 19.5 Å². The summed E-state index contributed by atoms with van der Waals surface area (Å²) in [5.41, 5.74) is 0.280. The standard InChI is InChI=1S/C11H9ClO4/c12-9-3-1-7(2-4-9)11(16)8(6-13)5-10(14)15/h1-4,6,8H,5H2,(H,14,15). The number of halogens is 1. The molecule has 0 aromatic heterocycles. The number of aldehydes is 1. The lowest BCUT2D eigenvalue weighted by Gasteiger charge is -2.06. The molecule has 1 rings (SSSR count). The van der Waals surface area contributed by atoms with Crippen molar-refractivity contribution in [3.05, 3.63) is 34.9 Å². The van der Waals surface area contributed by atoms with Crippen molar-refractivity contribution in [1.82, 2.24) is 0 Å². The second kappa shape index (κ2) is 5.42. The van der Waals surface area contributed by atoms with Gasteiger partial charge in [-0.3, -0.25) is 9.59 Å². The first-order chi connectivity index (χ1) is 7.54. The first-order valence-corrected chi connectivity index (χ1v) is 4.89. The molecule has 1 unspecified atom stereocenters. The molecule has 0 radical (unpaired) electrons. The van der Waals surface area contributed by atoms with Crippen LogP contribution in [0.2, 0.25) is 5.02 Å². The second-order valence-electron chi connectivity index (χ2n) is 3.21. The Morgan fingerprint density at radius 1 is 1.31 bits per heavy atom. The van der Waals surface area contributed by atoms with Gasteiger partial charge in [0, 0.05) is 10.6 Å². The summed E-state index contributed by atoms with van der Waals surface area (Å²) in [6.07, 6.45) is -0.143. The van der Waals surface area contributed by atoms with E-state index >= 15 is 0 Å². The van der Waals surface area contributed by atoms with Gasteiger partial charge < -0.3 is 9.90 Å². The molecule has 0 spiro atoms. The molecule has 16 heavy (non-hydrogen) atoms. The third-order valence-electron chi connectivity index (χ3n) is 2.02. The Kier molecular flexibility index (Phi) is 4.19. The Hall–Kier alpha value is -1.68. The van der Waals surface area contributed by atoms with Crippen molar-refractivity contribution in [1.29, 1.82) is 0 Å². The zero-order chi connectivity index (χ0) is 12.1. The minimum absolute atomic E-state index is 0.280. The number of hydrogen-bond donors (Lipinski definition) is 1. The summed E-state index contributed by atoms with van der Waals surface area (Å²) in [6, 6.07) is 5.95. The predicted molar refractivity (Wildman–Crippen MR) is 57.6 cm³/mol. The number of carbonyl (C=O) groups is 3. The van der Waals surface area contributed by atoms with Crippen molar-refractivity contribution >= 4 is 29.6 Å². The zero-order valence-corrected chi connectivity index (χ0v) is 8.98. The fraction of sp³-hybridized carbons (Fsp3) is 0.182. The van der Waals surface area contributed by atoms with Gasteiger partial charge in [0.25, 0.3) is 0 Å². The number of carboxylic acid groups (broad SMARTS) is 1. The van der Waals surface area contributed by atoms with Crippen LogP contribution in [0.4, 0.5) is 0 Å². The van der Waals surface area contributed by atoms with Gasteiger partial charge in [0.2, 0.25) is 0 Å². The average Bonchev–Trinajstić information content (AvgIpc) is 2.25. The minimum Gasteiger partial charge on any atom is -0.481 e. The van der Waals surface area contributed by atoms with E-state index in [-0.39, 0.29) is 5.56 Å². The molecule has 0 amide bonds. The Balaban J connectivity index is 2.86. The van der Waals surface area contributed by atoms with Gasteiger partial charge in [-0.25, -0.2) is 0 Å². The van der Waals surface area contributed by atoms with Crippen LogP contribution in [0, 0.1) is 5.92 Å². The summed E-state index contributed by atoms with van der Waals surface area (Å²) in [5.74, 6) is -2.83. The van der Waals surface area contributed by atoms with E-state index in [1.54, 1.807) is 0 Å². The van der Waals surface area contributed by atoms with E-state index in [9.17, 15) is 14.4 Å². The van der Waals surface area contributed by atoms with Gasteiger partial charge in [0.15, 0.2) is 5.78 Å². The molecule has 1 aromatic carbocycles. The number of ketones is 1. The molecular formula is C11H9ClO4. The van der Waals surface area contributed by atoms with Crippen molar-refractivity contribution in [2.24, 2.45) is 5.92 Å². The van der Waals surface area contributed by atoms with Crippen molar-refractivity contribution in [3.63, 3.8) is 0 Å². The normalized spacial score (nSPS) is 11.8. The molecule has 0 aliphatic heterocycles. The highest BCUT2D eigenvalue weighted by atomic mass is 35.5. The molecule has 1 N–H and O–H groups in total. The molecule has 0 heterocycles. The monoisotopic (exact) mass is 240 g/mol. The highest BCUT2D eigenvalue weighted by molar-refractivity contribution is 6.30. The largest absolute Gasteiger partial charge is 0.481 e. The van der Waals surface area contributed by atoms with Crippen LogP contribution in [0.15, 0.2) is 24.3 Å². The summed E-state index contributed by atoms with van der Waals surface area (Å²) in [7, 11) is 0. The Morgan fingerprint density at radius 3 is 2.31 bits per heavy atom. The third-order valence-corrected chi connectivity index (χ3v) is 2.28. The van der Waals surface area contributed by atoms with Gasteiger partial charge in [0.1, 0.15) is 6.29 Å². The van der Waals surface area contributed by atoms with Crippen LogP contribution in [-0.2, 0) is 9.59 Å². The second-order valence-corrected chi connectivity index (χ2v) is 3.65. The molecule has 1 atom stereocenters.